The van der Waals surface area contributed by atoms with Crippen LogP contribution < -0.4 is 0 Å². The second-order valence-electron chi connectivity index (χ2n) is 5.25. The minimum atomic E-state index is -1.05. The molecule has 2 aliphatic rings. The molecule has 1 heterocycles. The van der Waals surface area contributed by atoms with Crippen molar-refractivity contribution in [3.8, 4) is 0 Å². The first-order valence-corrected chi connectivity index (χ1v) is 6.57. The number of aliphatic carboxylic acids is 1. The largest absolute Gasteiger partial charge is 0.478 e. The van der Waals surface area contributed by atoms with Crippen molar-refractivity contribution in [1.29, 1.82) is 0 Å². The Kier molecular flexibility index (Phi) is 4.09. The Morgan fingerprint density at radius 2 is 2.10 bits per heavy atom. The molecule has 1 aliphatic heterocycles. The molecule has 108 valence electrons. The maximum absolute atomic E-state index is 11.6. The Bertz CT molecular complexity index is 514. The van der Waals surface area contributed by atoms with E-state index in [0.29, 0.717) is 12.0 Å². The molecule has 0 spiro atoms. The molecule has 0 aromatic carbocycles. The van der Waals surface area contributed by atoms with Crippen molar-refractivity contribution in [2.24, 2.45) is 5.92 Å². The summed E-state index contributed by atoms with van der Waals surface area (Å²) < 4.78 is 5.22. The summed E-state index contributed by atoms with van der Waals surface area (Å²) in [5.74, 6) is -1.74. The van der Waals surface area contributed by atoms with Gasteiger partial charge < -0.3 is 14.9 Å². The zero-order valence-electron chi connectivity index (χ0n) is 11.3. The number of carbonyl (C=O) groups is 2. The summed E-state index contributed by atoms with van der Waals surface area (Å²) in [6.07, 6.45) is 3.09. The molecule has 0 bridgehead atoms. The number of allylic oxidation sites excluding steroid dienone is 1. The minimum absolute atomic E-state index is 0.143. The van der Waals surface area contributed by atoms with Gasteiger partial charge >= 0.3 is 11.9 Å². The Labute approximate surface area is 117 Å². The van der Waals surface area contributed by atoms with E-state index in [0.717, 1.165) is 5.57 Å². The molecular formula is C15H18O5. The van der Waals surface area contributed by atoms with Crippen molar-refractivity contribution in [2.75, 3.05) is 0 Å². The highest BCUT2D eigenvalue weighted by Gasteiger charge is 2.39. The molecule has 2 N–H and O–H groups in total. The van der Waals surface area contributed by atoms with Gasteiger partial charge in [0, 0.05) is 23.5 Å². The first-order valence-electron chi connectivity index (χ1n) is 6.57. The lowest BCUT2D eigenvalue weighted by atomic mass is 9.87. The summed E-state index contributed by atoms with van der Waals surface area (Å²) in [6.45, 7) is 5.51. The molecule has 5 heteroatoms. The minimum Gasteiger partial charge on any atom is -0.478 e. The van der Waals surface area contributed by atoms with Crippen molar-refractivity contribution in [3.05, 3.63) is 35.5 Å². The normalized spacial score (nSPS) is 31.0. The molecule has 0 amide bonds. The van der Waals surface area contributed by atoms with Crippen LogP contribution in [-0.2, 0) is 14.3 Å². The monoisotopic (exact) mass is 278 g/mol. The molecule has 5 nitrogen and oxygen atoms in total. The topological polar surface area (TPSA) is 83.8 Å². The van der Waals surface area contributed by atoms with Crippen molar-refractivity contribution in [2.45, 2.75) is 38.4 Å². The molecule has 0 radical (unpaired) electrons. The van der Waals surface area contributed by atoms with Gasteiger partial charge in [0.05, 0.1) is 6.10 Å². The number of carboxylic acids is 1. The van der Waals surface area contributed by atoms with E-state index in [-0.39, 0.29) is 24.3 Å². The number of ether oxygens (including phenoxy) is 1. The van der Waals surface area contributed by atoms with Gasteiger partial charge in [-0.25, -0.2) is 9.59 Å². The van der Waals surface area contributed by atoms with Gasteiger partial charge in [0.15, 0.2) is 0 Å². The zero-order valence-corrected chi connectivity index (χ0v) is 11.3. The van der Waals surface area contributed by atoms with E-state index >= 15 is 0 Å². The second-order valence-corrected chi connectivity index (χ2v) is 5.25. The van der Waals surface area contributed by atoms with Gasteiger partial charge in [-0.15, -0.1) is 0 Å². The highest BCUT2D eigenvalue weighted by Crippen LogP contribution is 2.34. The average Bonchev–Trinajstić information content (AvgIpc) is 2.66. The van der Waals surface area contributed by atoms with Crippen molar-refractivity contribution >= 4 is 11.9 Å². The number of hydrogen-bond acceptors (Lipinski definition) is 4. The first-order chi connectivity index (χ1) is 9.40. The first kappa shape index (κ1) is 14.5. The fourth-order valence-corrected chi connectivity index (χ4v) is 2.51. The highest BCUT2D eigenvalue weighted by atomic mass is 16.6. The van der Waals surface area contributed by atoms with Crippen LogP contribution in [0.3, 0.4) is 0 Å². The molecule has 20 heavy (non-hydrogen) atoms. The molecule has 0 saturated carbocycles. The quantitative estimate of drug-likeness (QED) is 0.432. The number of carboxylic acid groups (broad SMARTS) is 1. The lowest BCUT2D eigenvalue weighted by Gasteiger charge is -2.19. The summed E-state index contributed by atoms with van der Waals surface area (Å²) in [7, 11) is 0. The third-order valence-corrected chi connectivity index (χ3v) is 3.92. The van der Waals surface area contributed by atoms with Crippen LogP contribution in [0.2, 0.25) is 0 Å². The molecule has 1 fully saturated rings. The van der Waals surface area contributed by atoms with E-state index in [1.54, 1.807) is 6.92 Å². The van der Waals surface area contributed by atoms with Gasteiger partial charge in [-0.2, -0.15) is 0 Å². The van der Waals surface area contributed by atoms with Crippen LogP contribution in [0, 0.1) is 5.92 Å². The summed E-state index contributed by atoms with van der Waals surface area (Å²) in [6, 6.07) is 0. The molecule has 1 aliphatic carbocycles. The summed E-state index contributed by atoms with van der Waals surface area (Å²) >= 11 is 0. The van der Waals surface area contributed by atoms with Gasteiger partial charge in [-0.1, -0.05) is 18.7 Å². The van der Waals surface area contributed by atoms with E-state index in [4.69, 9.17) is 4.74 Å². The molecule has 0 aromatic rings. The zero-order chi connectivity index (χ0) is 14.9. The van der Waals surface area contributed by atoms with Crippen LogP contribution in [0.25, 0.3) is 0 Å². The van der Waals surface area contributed by atoms with Crippen LogP contribution in [0.4, 0.5) is 0 Å². The lowest BCUT2D eigenvalue weighted by molar-refractivity contribution is -0.140. The molecule has 3 unspecified atom stereocenters. The fraction of sp³-hybridized carbons (Fsp3) is 0.467. The van der Waals surface area contributed by atoms with E-state index < -0.39 is 24.1 Å². The predicted molar refractivity (Wildman–Crippen MR) is 71.8 cm³/mol. The molecule has 2 rings (SSSR count). The summed E-state index contributed by atoms with van der Waals surface area (Å²) in [4.78, 5) is 22.8. The van der Waals surface area contributed by atoms with Gasteiger partial charge in [0.2, 0.25) is 0 Å². The standard InChI is InChI=1S/C15H18O5/c1-8-3-5-11-9(2)15(19)20-13(11)7-10(14(17)18)4-6-12(8)16/h3-4,11-13,16H,2,5-7H2,1H3,(H,17,18). The van der Waals surface area contributed by atoms with E-state index in [1.165, 1.54) is 6.08 Å². The molecule has 0 aromatic heterocycles. The number of rotatable bonds is 1. The number of esters is 1. The van der Waals surface area contributed by atoms with E-state index in [2.05, 4.69) is 6.58 Å². The Hall–Kier alpha value is -1.88. The maximum atomic E-state index is 11.6. The van der Waals surface area contributed by atoms with Crippen molar-refractivity contribution in [1.82, 2.24) is 0 Å². The third-order valence-electron chi connectivity index (χ3n) is 3.92. The number of aliphatic hydroxyl groups is 1. The van der Waals surface area contributed by atoms with Gasteiger partial charge in [-0.3, -0.25) is 0 Å². The average molecular weight is 278 g/mol. The van der Waals surface area contributed by atoms with Gasteiger partial charge in [-0.05, 0) is 25.3 Å². The van der Waals surface area contributed by atoms with Crippen LogP contribution in [-0.4, -0.2) is 34.4 Å². The molecule has 3 atom stereocenters. The Balaban J connectivity index is 2.34. The number of hydrogen-bond donors (Lipinski definition) is 2. The number of aliphatic hydroxyl groups excluding tert-OH is 1. The van der Waals surface area contributed by atoms with Crippen LogP contribution >= 0.6 is 0 Å². The van der Waals surface area contributed by atoms with Crippen LogP contribution in [0.15, 0.2) is 35.5 Å². The maximum Gasteiger partial charge on any atom is 0.334 e. The van der Waals surface area contributed by atoms with Crippen LogP contribution in [0.1, 0.15) is 26.2 Å². The molecular weight excluding hydrogens is 260 g/mol. The second kappa shape index (κ2) is 5.63. The highest BCUT2D eigenvalue weighted by molar-refractivity contribution is 5.91. The number of fused-ring (bicyclic) bond motifs is 1. The van der Waals surface area contributed by atoms with E-state index in [1.807, 2.05) is 6.08 Å². The van der Waals surface area contributed by atoms with Gasteiger partial charge in [0.25, 0.3) is 0 Å². The Morgan fingerprint density at radius 3 is 2.75 bits per heavy atom. The van der Waals surface area contributed by atoms with Crippen molar-refractivity contribution in [3.63, 3.8) is 0 Å². The van der Waals surface area contributed by atoms with Crippen LogP contribution in [0.5, 0.6) is 0 Å². The third kappa shape index (κ3) is 2.82. The predicted octanol–water partition coefficient (Wildman–Crippen LogP) is 1.59. The molecule has 1 saturated heterocycles. The van der Waals surface area contributed by atoms with Crippen molar-refractivity contribution < 1.29 is 24.5 Å². The lowest BCUT2D eigenvalue weighted by Crippen LogP contribution is -2.21. The van der Waals surface area contributed by atoms with E-state index in [9.17, 15) is 19.8 Å². The fourth-order valence-electron chi connectivity index (χ4n) is 2.51. The smallest absolute Gasteiger partial charge is 0.334 e. The summed E-state index contributed by atoms with van der Waals surface area (Å²) in [5, 5.41) is 19.1. The summed E-state index contributed by atoms with van der Waals surface area (Å²) in [5.41, 5.74) is 1.30. The SMILES string of the molecule is C=C1C(=O)OC2CC(C(=O)O)=CCC(O)C(C)=CCC12. The number of carbonyl (C=O) groups excluding carboxylic acids is 1. The van der Waals surface area contributed by atoms with Gasteiger partial charge in [0.1, 0.15) is 6.10 Å². The Morgan fingerprint density at radius 1 is 1.40 bits per heavy atom.